The minimum atomic E-state index is -0.411. The summed E-state index contributed by atoms with van der Waals surface area (Å²) in [5.74, 6) is 1.02. The molecule has 2 aliphatic heterocycles. The van der Waals surface area contributed by atoms with E-state index in [1.165, 1.54) is 24.3 Å². The molecule has 4 rings (SSSR count). The van der Waals surface area contributed by atoms with Gasteiger partial charge in [-0.15, -0.1) is 0 Å². The molecule has 6 nitrogen and oxygen atoms in total. The van der Waals surface area contributed by atoms with Crippen LogP contribution in [0.4, 0.5) is 10.1 Å². The molecular weight excluding hydrogens is 353 g/mol. The SMILES string of the molecule is O=C(/C=C/c1cc(F)cc2c1OCOC2)Nc1ccc2c(c1)OCCCO2. The maximum absolute atomic E-state index is 13.7. The van der Waals surface area contributed by atoms with Crippen molar-refractivity contribution in [3.63, 3.8) is 0 Å². The third-order valence-corrected chi connectivity index (χ3v) is 4.13. The van der Waals surface area contributed by atoms with Gasteiger partial charge in [0.05, 0.1) is 19.8 Å². The van der Waals surface area contributed by atoms with Crippen molar-refractivity contribution in [3.05, 3.63) is 53.4 Å². The van der Waals surface area contributed by atoms with Gasteiger partial charge >= 0.3 is 0 Å². The van der Waals surface area contributed by atoms with E-state index in [1.807, 2.05) is 0 Å². The van der Waals surface area contributed by atoms with E-state index in [0.717, 1.165) is 6.42 Å². The Morgan fingerprint density at radius 2 is 1.93 bits per heavy atom. The summed E-state index contributed by atoms with van der Waals surface area (Å²) in [6.07, 6.45) is 3.66. The fourth-order valence-electron chi connectivity index (χ4n) is 2.92. The molecule has 7 heteroatoms. The molecule has 2 aliphatic rings. The highest BCUT2D eigenvalue weighted by atomic mass is 19.1. The summed E-state index contributed by atoms with van der Waals surface area (Å²) < 4.78 is 35.5. The number of hydrogen-bond acceptors (Lipinski definition) is 5. The Bertz CT molecular complexity index is 896. The molecule has 0 unspecified atom stereocenters. The number of carbonyl (C=O) groups excluding carboxylic acids is 1. The number of rotatable bonds is 3. The molecular formula is C20H18FNO5. The highest BCUT2D eigenvalue weighted by Gasteiger charge is 2.16. The number of hydrogen-bond donors (Lipinski definition) is 1. The molecule has 0 saturated carbocycles. The van der Waals surface area contributed by atoms with E-state index in [4.69, 9.17) is 18.9 Å². The first-order chi connectivity index (χ1) is 13.2. The largest absolute Gasteiger partial charge is 0.490 e. The van der Waals surface area contributed by atoms with Crippen molar-refractivity contribution in [1.82, 2.24) is 0 Å². The van der Waals surface area contributed by atoms with Crippen molar-refractivity contribution in [2.75, 3.05) is 25.3 Å². The lowest BCUT2D eigenvalue weighted by molar-refractivity contribution is -0.111. The monoisotopic (exact) mass is 371 g/mol. The first-order valence-corrected chi connectivity index (χ1v) is 8.61. The lowest BCUT2D eigenvalue weighted by atomic mass is 10.1. The van der Waals surface area contributed by atoms with Gasteiger partial charge in [0.25, 0.3) is 0 Å². The number of anilines is 1. The first-order valence-electron chi connectivity index (χ1n) is 8.61. The number of nitrogens with one attached hydrogen (secondary N) is 1. The van der Waals surface area contributed by atoms with Crippen molar-refractivity contribution < 1.29 is 28.1 Å². The maximum Gasteiger partial charge on any atom is 0.248 e. The summed E-state index contributed by atoms with van der Waals surface area (Å²) in [4.78, 5) is 12.2. The van der Waals surface area contributed by atoms with E-state index in [1.54, 1.807) is 18.2 Å². The third-order valence-electron chi connectivity index (χ3n) is 4.13. The van der Waals surface area contributed by atoms with Crippen molar-refractivity contribution in [1.29, 1.82) is 0 Å². The number of halogens is 1. The van der Waals surface area contributed by atoms with Crippen LogP contribution in [0, 0.1) is 5.82 Å². The zero-order chi connectivity index (χ0) is 18.6. The summed E-state index contributed by atoms with van der Waals surface area (Å²) in [6.45, 7) is 1.55. The predicted molar refractivity (Wildman–Crippen MR) is 96.4 cm³/mol. The molecule has 0 bridgehead atoms. The predicted octanol–water partition coefficient (Wildman–Crippen LogP) is 3.51. The first kappa shape index (κ1) is 17.4. The smallest absolute Gasteiger partial charge is 0.248 e. The van der Waals surface area contributed by atoms with Crippen molar-refractivity contribution in [2.45, 2.75) is 13.0 Å². The van der Waals surface area contributed by atoms with Gasteiger partial charge in [0, 0.05) is 35.4 Å². The average molecular weight is 371 g/mol. The molecule has 0 spiro atoms. The summed E-state index contributed by atoms with van der Waals surface area (Å²) in [5.41, 5.74) is 1.69. The molecule has 2 heterocycles. The quantitative estimate of drug-likeness (QED) is 0.837. The molecule has 2 aromatic rings. The number of fused-ring (bicyclic) bond motifs is 2. The van der Waals surface area contributed by atoms with Gasteiger partial charge in [0.2, 0.25) is 5.91 Å². The van der Waals surface area contributed by atoms with Gasteiger partial charge in [0.15, 0.2) is 18.3 Å². The molecule has 0 aromatic heterocycles. The van der Waals surface area contributed by atoms with Gasteiger partial charge in [-0.2, -0.15) is 0 Å². The normalized spacial score (nSPS) is 15.6. The lowest BCUT2D eigenvalue weighted by Crippen LogP contribution is -2.13. The number of ether oxygens (including phenoxy) is 4. The van der Waals surface area contributed by atoms with Gasteiger partial charge in [-0.05, 0) is 30.3 Å². The zero-order valence-corrected chi connectivity index (χ0v) is 14.5. The Balaban J connectivity index is 1.48. The van der Waals surface area contributed by atoms with Crippen LogP contribution in [0.5, 0.6) is 17.2 Å². The van der Waals surface area contributed by atoms with Crippen molar-refractivity contribution >= 4 is 17.7 Å². The van der Waals surface area contributed by atoms with Crippen molar-refractivity contribution in [3.8, 4) is 17.2 Å². The summed E-state index contributed by atoms with van der Waals surface area (Å²) >= 11 is 0. The molecule has 0 aliphatic carbocycles. The Labute approximate surface area is 155 Å². The highest BCUT2D eigenvalue weighted by Crippen LogP contribution is 2.33. The second-order valence-electron chi connectivity index (χ2n) is 6.13. The van der Waals surface area contributed by atoms with Crippen LogP contribution in [0.2, 0.25) is 0 Å². The molecule has 1 N–H and O–H groups in total. The Morgan fingerprint density at radius 3 is 2.81 bits per heavy atom. The molecule has 0 saturated heterocycles. The third kappa shape index (κ3) is 4.03. The molecule has 0 radical (unpaired) electrons. The number of carbonyl (C=O) groups is 1. The van der Waals surface area contributed by atoms with Crippen LogP contribution >= 0.6 is 0 Å². The molecule has 0 fully saturated rings. The zero-order valence-electron chi connectivity index (χ0n) is 14.5. The van der Waals surface area contributed by atoms with Crippen LogP contribution in [0.25, 0.3) is 6.08 Å². The van der Waals surface area contributed by atoms with Crippen LogP contribution in [0.1, 0.15) is 17.5 Å². The summed E-state index contributed by atoms with van der Waals surface area (Å²) in [7, 11) is 0. The molecule has 0 atom stereocenters. The fraction of sp³-hybridized carbons (Fsp3) is 0.250. The average Bonchev–Trinajstić information content (AvgIpc) is 2.91. The van der Waals surface area contributed by atoms with Crippen LogP contribution in [-0.2, 0) is 16.1 Å². The van der Waals surface area contributed by atoms with Gasteiger partial charge in [-0.25, -0.2) is 4.39 Å². The van der Waals surface area contributed by atoms with E-state index < -0.39 is 5.82 Å². The van der Waals surface area contributed by atoms with Crippen LogP contribution in [0.15, 0.2) is 36.4 Å². The minimum absolute atomic E-state index is 0.100. The standard InChI is InChI=1S/C20H18FNO5/c21-15-8-13(20-14(9-15)11-24-12-27-20)2-5-19(23)22-16-3-4-17-18(10-16)26-7-1-6-25-17/h2-5,8-10H,1,6-7,11-12H2,(H,22,23)/b5-2+. The molecule has 2 aromatic carbocycles. The Hall–Kier alpha value is -3.06. The van der Waals surface area contributed by atoms with Gasteiger partial charge in [-0.1, -0.05) is 0 Å². The second kappa shape index (κ2) is 7.67. The fourth-order valence-corrected chi connectivity index (χ4v) is 2.92. The Morgan fingerprint density at radius 1 is 1.07 bits per heavy atom. The highest BCUT2D eigenvalue weighted by molar-refractivity contribution is 6.02. The van der Waals surface area contributed by atoms with Crippen LogP contribution in [0.3, 0.4) is 0 Å². The molecule has 140 valence electrons. The van der Waals surface area contributed by atoms with Crippen LogP contribution in [-0.4, -0.2) is 25.9 Å². The number of benzene rings is 2. The van der Waals surface area contributed by atoms with Crippen LogP contribution < -0.4 is 19.5 Å². The van der Waals surface area contributed by atoms with E-state index in [0.29, 0.717) is 47.3 Å². The second-order valence-corrected chi connectivity index (χ2v) is 6.13. The van der Waals surface area contributed by atoms with Gasteiger partial charge in [-0.3, -0.25) is 4.79 Å². The van der Waals surface area contributed by atoms with E-state index in [-0.39, 0.29) is 19.3 Å². The van der Waals surface area contributed by atoms with E-state index in [9.17, 15) is 9.18 Å². The topological polar surface area (TPSA) is 66.0 Å². The maximum atomic E-state index is 13.7. The minimum Gasteiger partial charge on any atom is -0.490 e. The van der Waals surface area contributed by atoms with E-state index >= 15 is 0 Å². The summed E-state index contributed by atoms with van der Waals surface area (Å²) in [6, 6.07) is 7.91. The van der Waals surface area contributed by atoms with Crippen molar-refractivity contribution in [2.24, 2.45) is 0 Å². The number of amides is 1. The van der Waals surface area contributed by atoms with Gasteiger partial charge < -0.3 is 24.3 Å². The van der Waals surface area contributed by atoms with Gasteiger partial charge in [0.1, 0.15) is 11.6 Å². The molecule has 27 heavy (non-hydrogen) atoms. The van der Waals surface area contributed by atoms with E-state index in [2.05, 4.69) is 5.32 Å². The summed E-state index contributed by atoms with van der Waals surface area (Å²) in [5, 5.41) is 2.76. The lowest BCUT2D eigenvalue weighted by Gasteiger charge is -2.19. The Kier molecular flexibility index (Phi) is 4.93. The molecule has 1 amide bonds.